The van der Waals surface area contributed by atoms with Gasteiger partial charge in [0.15, 0.2) is 0 Å². The van der Waals surface area contributed by atoms with Gasteiger partial charge < -0.3 is 9.78 Å². The first-order valence-electron chi connectivity index (χ1n) is 4.07. The first-order chi connectivity index (χ1) is 5.83. The fraction of sp³-hybridized carbons (Fsp3) is 0.444. The number of H-pyrrole nitrogens is 1. The molecule has 0 spiro atoms. The molecular weight excluding hydrogens is 152 g/mol. The summed E-state index contributed by atoms with van der Waals surface area (Å²) in [6, 6.07) is 4.03. The molecule has 0 aliphatic carbocycles. The molecule has 3 nitrogen and oxygen atoms in total. The molecule has 66 valence electrons. The predicted molar refractivity (Wildman–Crippen MR) is 48.1 cm³/mol. The highest BCUT2D eigenvalue weighted by Gasteiger charge is 1.97. The minimum Gasteiger partial charge on any atom is -0.365 e. The van der Waals surface area contributed by atoms with Crippen molar-refractivity contribution in [2.24, 2.45) is 0 Å². The normalized spacial score (nSPS) is 10.5. The molecule has 1 N–H and O–H groups in total. The Bertz CT molecular complexity index is 218. The summed E-state index contributed by atoms with van der Waals surface area (Å²) in [5.74, 6) is 0. The van der Waals surface area contributed by atoms with E-state index in [0.29, 0.717) is 6.54 Å². The molecule has 1 aromatic rings. The van der Waals surface area contributed by atoms with Crippen LogP contribution in [0.4, 0.5) is 0 Å². The number of nitrogens with one attached hydrogen (secondary N) is 1. The van der Waals surface area contributed by atoms with E-state index in [0.717, 1.165) is 19.3 Å². The highest BCUT2D eigenvalue weighted by atomic mass is 16.1. The van der Waals surface area contributed by atoms with Gasteiger partial charge in [0.1, 0.15) is 6.29 Å². The maximum atomic E-state index is 10.1. The lowest BCUT2D eigenvalue weighted by molar-refractivity contribution is -0.108. The van der Waals surface area contributed by atoms with Gasteiger partial charge in [-0.05, 0) is 19.2 Å². The summed E-state index contributed by atoms with van der Waals surface area (Å²) in [6.45, 7) is 1.43. The number of carbonyl (C=O) groups excluding carboxylic acids is 1. The number of carbonyl (C=O) groups is 1. The molecule has 0 aliphatic rings. The maximum absolute atomic E-state index is 10.1. The van der Waals surface area contributed by atoms with E-state index in [2.05, 4.69) is 11.1 Å². The Morgan fingerprint density at radius 1 is 1.67 bits per heavy atom. The van der Waals surface area contributed by atoms with Gasteiger partial charge in [0.05, 0.1) is 6.54 Å². The lowest BCUT2D eigenvalue weighted by Gasteiger charge is -2.11. The highest BCUT2D eigenvalue weighted by Crippen LogP contribution is 1.96. The molecule has 12 heavy (non-hydrogen) atoms. The van der Waals surface area contributed by atoms with Crippen molar-refractivity contribution in [3.05, 3.63) is 24.0 Å². The zero-order chi connectivity index (χ0) is 8.81. The minimum absolute atomic E-state index is 0.515. The van der Waals surface area contributed by atoms with Crippen LogP contribution in [-0.2, 0) is 11.2 Å². The summed E-state index contributed by atoms with van der Waals surface area (Å²) < 4.78 is 0. The van der Waals surface area contributed by atoms with Crippen LogP contribution in [0.1, 0.15) is 5.69 Å². The van der Waals surface area contributed by atoms with E-state index in [1.165, 1.54) is 5.69 Å². The fourth-order valence-electron chi connectivity index (χ4n) is 1.05. The lowest BCUT2D eigenvalue weighted by Crippen LogP contribution is -2.23. The van der Waals surface area contributed by atoms with Crippen molar-refractivity contribution < 1.29 is 4.79 Å². The summed E-state index contributed by atoms with van der Waals surface area (Å²) in [5, 5.41) is 0. The van der Waals surface area contributed by atoms with Crippen LogP contribution in [0.15, 0.2) is 18.3 Å². The zero-order valence-electron chi connectivity index (χ0n) is 7.29. The van der Waals surface area contributed by atoms with Gasteiger partial charge in [-0.1, -0.05) is 0 Å². The first kappa shape index (κ1) is 9.00. The van der Waals surface area contributed by atoms with Gasteiger partial charge >= 0.3 is 0 Å². The van der Waals surface area contributed by atoms with Gasteiger partial charge in [-0.2, -0.15) is 0 Å². The van der Waals surface area contributed by atoms with E-state index in [1.807, 2.05) is 24.2 Å². The second-order valence-electron chi connectivity index (χ2n) is 2.87. The summed E-state index contributed by atoms with van der Waals surface area (Å²) >= 11 is 0. The van der Waals surface area contributed by atoms with Crippen LogP contribution in [0.2, 0.25) is 0 Å². The molecular formula is C9H14N2O. The molecule has 1 heterocycles. The molecule has 0 unspecified atom stereocenters. The van der Waals surface area contributed by atoms with E-state index in [4.69, 9.17) is 0 Å². The predicted octanol–water partition coefficient (Wildman–Crippen LogP) is 0.688. The first-order valence-corrected chi connectivity index (χ1v) is 4.07. The SMILES string of the molecule is CN(CC=O)CCc1ccc[nH]1. The summed E-state index contributed by atoms with van der Waals surface area (Å²) in [5.41, 5.74) is 1.22. The Hall–Kier alpha value is -1.09. The second-order valence-corrected chi connectivity index (χ2v) is 2.87. The van der Waals surface area contributed by atoms with Crippen LogP contribution in [0.5, 0.6) is 0 Å². The third-order valence-electron chi connectivity index (χ3n) is 1.81. The molecule has 1 aromatic heterocycles. The summed E-state index contributed by atoms with van der Waals surface area (Å²) in [7, 11) is 1.94. The third kappa shape index (κ3) is 2.88. The molecule has 0 radical (unpaired) electrons. The number of aromatic nitrogens is 1. The van der Waals surface area contributed by atoms with Crippen molar-refractivity contribution in [2.75, 3.05) is 20.1 Å². The Morgan fingerprint density at radius 3 is 3.08 bits per heavy atom. The van der Waals surface area contributed by atoms with E-state index < -0.39 is 0 Å². The van der Waals surface area contributed by atoms with Gasteiger partial charge in [0.2, 0.25) is 0 Å². The highest BCUT2D eigenvalue weighted by molar-refractivity contribution is 5.51. The van der Waals surface area contributed by atoms with Crippen LogP contribution in [0, 0.1) is 0 Å². The minimum atomic E-state index is 0.515. The van der Waals surface area contributed by atoms with E-state index in [1.54, 1.807) is 0 Å². The van der Waals surface area contributed by atoms with E-state index in [9.17, 15) is 4.79 Å². The maximum Gasteiger partial charge on any atom is 0.133 e. The quantitative estimate of drug-likeness (QED) is 0.653. The number of nitrogens with zero attached hydrogens (tertiary/aromatic N) is 1. The average molecular weight is 166 g/mol. The molecule has 1 rings (SSSR count). The molecule has 0 saturated carbocycles. The molecule has 0 aliphatic heterocycles. The van der Waals surface area contributed by atoms with Crippen LogP contribution >= 0.6 is 0 Å². The Balaban J connectivity index is 2.21. The lowest BCUT2D eigenvalue weighted by atomic mass is 10.3. The van der Waals surface area contributed by atoms with Crippen LogP contribution in [-0.4, -0.2) is 36.3 Å². The van der Waals surface area contributed by atoms with Crippen molar-refractivity contribution >= 4 is 6.29 Å². The summed E-state index contributed by atoms with van der Waals surface area (Å²) in [4.78, 5) is 15.2. The number of aromatic amines is 1. The van der Waals surface area contributed by atoms with Gasteiger partial charge in [0.25, 0.3) is 0 Å². The standard InChI is InChI=1S/C9H14N2O/c1-11(7-8-12)6-4-9-3-2-5-10-9/h2-3,5,8,10H,4,6-7H2,1H3. The number of aldehydes is 1. The number of hydrogen-bond donors (Lipinski definition) is 1. The largest absolute Gasteiger partial charge is 0.365 e. The van der Waals surface area contributed by atoms with Crippen molar-refractivity contribution in [1.82, 2.24) is 9.88 Å². The zero-order valence-corrected chi connectivity index (χ0v) is 7.29. The number of hydrogen-bond acceptors (Lipinski definition) is 2. The van der Waals surface area contributed by atoms with Crippen LogP contribution in [0.3, 0.4) is 0 Å². The van der Waals surface area contributed by atoms with Gasteiger partial charge in [-0.25, -0.2) is 0 Å². The Morgan fingerprint density at radius 2 is 2.50 bits per heavy atom. The van der Waals surface area contributed by atoms with E-state index in [-0.39, 0.29) is 0 Å². The molecule has 0 fully saturated rings. The molecule has 0 amide bonds. The van der Waals surface area contributed by atoms with Crippen LogP contribution < -0.4 is 0 Å². The van der Waals surface area contributed by atoms with Crippen molar-refractivity contribution in [2.45, 2.75) is 6.42 Å². The average Bonchev–Trinajstić information content (AvgIpc) is 2.53. The van der Waals surface area contributed by atoms with Crippen molar-refractivity contribution in [3.8, 4) is 0 Å². The third-order valence-corrected chi connectivity index (χ3v) is 1.81. The topological polar surface area (TPSA) is 36.1 Å². The van der Waals surface area contributed by atoms with Crippen molar-refractivity contribution in [3.63, 3.8) is 0 Å². The van der Waals surface area contributed by atoms with Gasteiger partial charge in [-0.15, -0.1) is 0 Å². The monoisotopic (exact) mass is 166 g/mol. The number of likely N-dealkylation sites (N-methyl/N-ethyl adjacent to an activating group) is 1. The molecule has 0 saturated heterocycles. The Kier molecular flexibility index (Phi) is 3.54. The van der Waals surface area contributed by atoms with Crippen LogP contribution in [0.25, 0.3) is 0 Å². The van der Waals surface area contributed by atoms with Crippen molar-refractivity contribution in [1.29, 1.82) is 0 Å². The molecule has 0 atom stereocenters. The molecule has 3 heteroatoms. The number of rotatable bonds is 5. The second kappa shape index (κ2) is 4.72. The summed E-state index contributed by atoms with van der Waals surface area (Å²) in [6.07, 6.45) is 3.81. The fourth-order valence-corrected chi connectivity index (χ4v) is 1.05. The smallest absolute Gasteiger partial charge is 0.133 e. The molecule has 0 bridgehead atoms. The van der Waals surface area contributed by atoms with E-state index >= 15 is 0 Å². The Labute approximate surface area is 72.4 Å². The molecule has 0 aromatic carbocycles. The van der Waals surface area contributed by atoms with Gasteiger partial charge in [0, 0.05) is 24.9 Å². The van der Waals surface area contributed by atoms with Gasteiger partial charge in [-0.3, -0.25) is 4.90 Å².